The molecule has 134 valence electrons. The van der Waals surface area contributed by atoms with Gasteiger partial charge in [-0.1, -0.05) is 61.5 Å². The van der Waals surface area contributed by atoms with Gasteiger partial charge in [-0.05, 0) is 42.4 Å². The number of benzene rings is 2. The van der Waals surface area contributed by atoms with Gasteiger partial charge in [-0.25, -0.2) is 0 Å². The van der Waals surface area contributed by atoms with Gasteiger partial charge in [-0.2, -0.15) is 0 Å². The Kier molecular flexibility index (Phi) is 7.68. The zero-order chi connectivity index (χ0) is 18.1. The van der Waals surface area contributed by atoms with E-state index in [-0.39, 0.29) is 12.1 Å². The molecule has 3 nitrogen and oxygen atoms in total. The summed E-state index contributed by atoms with van der Waals surface area (Å²) in [5, 5.41) is 8.21. The Morgan fingerprint density at radius 1 is 1.08 bits per heavy atom. The molecule has 0 heterocycles. The first-order chi connectivity index (χ1) is 12.1. The molecule has 0 radical (unpaired) electrons. The van der Waals surface area contributed by atoms with Crippen molar-refractivity contribution in [3.8, 4) is 11.1 Å². The lowest BCUT2D eigenvalue weighted by Crippen LogP contribution is -2.16. The normalized spacial score (nSPS) is 14.2. The highest BCUT2D eigenvalue weighted by atomic mass is 16.5. The maximum atomic E-state index is 11.2. The van der Waals surface area contributed by atoms with E-state index < -0.39 is 0 Å². The summed E-state index contributed by atoms with van der Waals surface area (Å²) >= 11 is 0. The average molecular weight is 340 g/mol. The summed E-state index contributed by atoms with van der Waals surface area (Å²) in [6.45, 7) is 4.16. The summed E-state index contributed by atoms with van der Waals surface area (Å²) < 4.78 is 5.28. The van der Waals surface area contributed by atoms with Crippen molar-refractivity contribution in [2.24, 2.45) is 5.92 Å². The van der Waals surface area contributed by atoms with Crippen LogP contribution in [0.5, 0.6) is 0 Å². The summed E-state index contributed by atoms with van der Waals surface area (Å²) in [6.07, 6.45) is 3.62. The highest BCUT2D eigenvalue weighted by Gasteiger charge is 2.18. The fraction of sp³-hybridized carbons (Fsp3) is 0.409. The second-order valence-electron chi connectivity index (χ2n) is 6.55. The predicted octanol–water partition coefficient (Wildman–Crippen LogP) is 4.63. The van der Waals surface area contributed by atoms with E-state index in [9.17, 15) is 4.79 Å². The van der Waals surface area contributed by atoms with E-state index in [4.69, 9.17) is 9.84 Å². The Hall–Kier alpha value is -2.13. The van der Waals surface area contributed by atoms with Crippen LogP contribution in [-0.4, -0.2) is 23.8 Å². The first-order valence-electron chi connectivity index (χ1n) is 9.07. The van der Waals surface area contributed by atoms with Gasteiger partial charge in [0.1, 0.15) is 6.10 Å². The Labute approximate surface area is 150 Å². The maximum absolute atomic E-state index is 11.2. The highest BCUT2D eigenvalue weighted by molar-refractivity contribution is 5.69. The van der Waals surface area contributed by atoms with Crippen molar-refractivity contribution in [1.29, 1.82) is 0 Å². The minimum atomic E-state index is -0.140. The minimum absolute atomic E-state index is 0.0787. The van der Waals surface area contributed by atoms with Gasteiger partial charge < -0.3 is 9.84 Å². The zero-order valence-corrected chi connectivity index (χ0v) is 15.2. The topological polar surface area (TPSA) is 46.5 Å². The molecule has 1 atom stereocenters. The molecule has 1 aliphatic carbocycles. The van der Waals surface area contributed by atoms with Crippen LogP contribution in [0.3, 0.4) is 0 Å². The van der Waals surface area contributed by atoms with Crippen molar-refractivity contribution in [3.05, 3.63) is 60.2 Å². The molecule has 0 saturated heterocycles. The predicted molar refractivity (Wildman–Crippen MR) is 101 cm³/mol. The third-order valence-corrected chi connectivity index (χ3v) is 4.16. The van der Waals surface area contributed by atoms with Gasteiger partial charge in [-0.3, -0.25) is 4.79 Å². The number of hydrogen-bond donors (Lipinski definition) is 1. The van der Waals surface area contributed by atoms with Gasteiger partial charge in [-0.15, -0.1) is 0 Å². The van der Waals surface area contributed by atoms with Crippen molar-refractivity contribution in [1.82, 2.24) is 0 Å². The molecule has 2 aromatic carbocycles. The van der Waals surface area contributed by atoms with E-state index in [1.165, 1.54) is 29.5 Å². The van der Waals surface area contributed by atoms with E-state index in [0.29, 0.717) is 18.9 Å². The number of hydrogen-bond acceptors (Lipinski definition) is 3. The molecule has 0 amide bonds. The SMILES string of the molecule is CCC(=O)OC(C)Cc1ccc(-c2ccccc2)cc1.OCC1CC1. The maximum Gasteiger partial charge on any atom is 0.305 e. The molecule has 1 N–H and O–H groups in total. The van der Waals surface area contributed by atoms with E-state index >= 15 is 0 Å². The molecule has 2 aromatic rings. The van der Waals surface area contributed by atoms with E-state index in [2.05, 4.69) is 36.4 Å². The van der Waals surface area contributed by atoms with Gasteiger partial charge in [0.25, 0.3) is 0 Å². The number of rotatable bonds is 6. The largest absolute Gasteiger partial charge is 0.462 e. The fourth-order valence-corrected chi connectivity index (χ4v) is 2.45. The lowest BCUT2D eigenvalue weighted by molar-refractivity contribution is -0.147. The van der Waals surface area contributed by atoms with Gasteiger partial charge in [0.15, 0.2) is 0 Å². The van der Waals surface area contributed by atoms with Crippen LogP contribution in [0.25, 0.3) is 11.1 Å². The van der Waals surface area contributed by atoms with E-state index in [0.717, 1.165) is 6.42 Å². The molecular weight excluding hydrogens is 312 g/mol. The molecule has 3 heteroatoms. The van der Waals surface area contributed by atoms with Crippen molar-refractivity contribution >= 4 is 5.97 Å². The fourth-order valence-electron chi connectivity index (χ4n) is 2.45. The monoisotopic (exact) mass is 340 g/mol. The van der Waals surface area contributed by atoms with Crippen molar-refractivity contribution in [3.63, 3.8) is 0 Å². The number of ether oxygens (including phenoxy) is 1. The van der Waals surface area contributed by atoms with Gasteiger partial charge in [0.2, 0.25) is 0 Å². The molecule has 0 aromatic heterocycles. The summed E-state index contributed by atoms with van der Waals surface area (Å²) in [6, 6.07) is 18.7. The third kappa shape index (κ3) is 7.10. The molecule has 1 fully saturated rings. The first kappa shape index (κ1) is 19.2. The number of esters is 1. The Bertz CT molecular complexity index is 630. The molecule has 0 spiro atoms. The van der Waals surface area contributed by atoms with Gasteiger partial charge in [0.05, 0.1) is 0 Å². The van der Waals surface area contributed by atoms with Gasteiger partial charge >= 0.3 is 5.97 Å². The van der Waals surface area contributed by atoms with Gasteiger partial charge in [0, 0.05) is 19.4 Å². The minimum Gasteiger partial charge on any atom is -0.462 e. The van der Waals surface area contributed by atoms with Crippen LogP contribution in [0, 0.1) is 5.92 Å². The van der Waals surface area contributed by atoms with Crippen molar-refractivity contribution in [2.75, 3.05) is 6.61 Å². The molecule has 1 aliphatic rings. The van der Waals surface area contributed by atoms with Crippen molar-refractivity contribution in [2.45, 2.75) is 45.6 Å². The van der Waals surface area contributed by atoms with Crippen LogP contribution < -0.4 is 0 Å². The Morgan fingerprint density at radius 2 is 1.68 bits per heavy atom. The molecule has 1 saturated carbocycles. The number of aliphatic hydroxyl groups excluding tert-OH is 1. The lowest BCUT2D eigenvalue weighted by atomic mass is 10.0. The molecule has 25 heavy (non-hydrogen) atoms. The molecule has 0 aliphatic heterocycles. The highest BCUT2D eigenvalue weighted by Crippen LogP contribution is 2.27. The number of carbonyl (C=O) groups excluding carboxylic acids is 1. The summed E-state index contributed by atoms with van der Waals surface area (Å²) in [5.74, 6) is 0.549. The van der Waals surface area contributed by atoms with Crippen LogP contribution in [0.1, 0.15) is 38.7 Å². The summed E-state index contributed by atoms with van der Waals surface area (Å²) in [7, 11) is 0. The number of carbonyl (C=O) groups is 1. The van der Waals surface area contributed by atoms with Crippen LogP contribution in [0.2, 0.25) is 0 Å². The molecule has 0 bridgehead atoms. The Morgan fingerprint density at radius 3 is 2.16 bits per heavy atom. The quantitative estimate of drug-likeness (QED) is 0.780. The van der Waals surface area contributed by atoms with Crippen molar-refractivity contribution < 1.29 is 14.6 Å². The molecule has 3 rings (SSSR count). The van der Waals surface area contributed by atoms with Crippen LogP contribution >= 0.6 is 0 Å². The second kappa shape index (κ2) is 10.00. The third-order valence-electron chi connectivity index (χ3n) is 4.16. The van der Waals surface area contributed by atoms with E-state index in [1.807, 2.05) is 32.0 Å². The average Bonchev–Trinajstić information content (AvgIpc) is 3.48. The lowest BCUT2D eigenvalue weighted by Gasteiger charge is -2.13. The second-order valence-corrected chi connectivity index (χ2v) is 6.55. The standard InChI is InChI=1S/C18H20O2.C4H8O/c1-3-18(19)20-14(2)13-15-9-11-17(12-10-15)16-7-5-4-6-8-16;5-3-4-1-2-4/h4-12,14H,3,13H2,1-2H3;4-5H,1-3H2. The summed E-state index contributed by atoms with van der Waals surface area (Å²) in [5.41, 5.74) is 3.60. The number of aliphatic hydroxyl groups is 1. The molecule has 1 unspecified atom stereocenters. The Balaban J connectivity index is 0.000000386. The zero-order valence-electron chi connectivity index (χ0n) is 15.2. The molecular formula is C22H28O3. The van der Waals surface area contributed by atoms with E-state index in [1.54, 1.807) is 0 Å². The summed E-state index contributed by atoms with van der Waals surface area (Å²) in [4.78, 5) is 11.2. The smallest absolute Gasteiger partial charge is 0.305 e. The van der Waals surface area contributed by atoms with Crippen LogP contribution in [0.15, 0.2) is 54.6 Å². The first-order valence-corrected chi connectivity index (χ1v) is 9.07. The van der Waals surface area contributed by atoms with Crippen LogP contribution in [-0.2, 0) is 16.0 Å². The van der Waals surface area contributed by atoms with Crippen LogP contribution in [0.4, 0.5) is 0 Å².